The molecule has 2 aliphatic heterocycles. The quantitative estimate of drug-likeness (QED) is 0.267. The van der Waals surface area contributed by atoms with Crippen molar-refractivity contribution in [2.45, 2.75) is 253 Å². The molecule has 2 heterocycles. The molecule has 14 atom stereocenters. The minimum absolute atomic E-state index is 0.624. The molecule has 11 aliphatic rings. The Morgan fingerprint density at radius 3 is 1.65 bits per heavy atom. The molecular formula is C52H85NOS. The first-order valence-corrected chi connectivity index (χ1v) is 27.3. The summed E-state index contributed by atoms with van der Waals surface area (Å²) < 4.78 is 6.92. The summed E-state index contributed by atoms with van der Waals surface area (Å²) in [5.41, 5.74) is 0. The monoisotopic (exact) mass is 772 g/mol. The van der Waals surface area contributed by atoms with Gasteiger partial charge in [0, 0.05) is 34.5 Å². The molecule has 9 aliphatic carbocycles. The maximum atomic E-state index is 6.92. The highest BCUT2D eigenvalue weighted by molar-refractivity contribution is 8.00. The summed E-state index contributed by atoms with van der Waals surface area (Å²) in [6.45, 7) is 0. The van der Waals surface area contributed by atoms with E-state index in [1.807, 2.05) is 0 Å². The molecule has 0 amide bonds. The molecule has 2 saturated heterocycles. The molecule has 0 aromatic carbocycles. The van der Waals surface area contributed by atoms with Gasteiger partial charge < -0.3 is 4.74 Å². The van der Waals surface area contributed by atoms with E-state index in [1.165, 1.54) is 70.6 Å². The second-order valence-electron chi connectivity index (χ2n) is 23.2. The van der Waals surface area contributed by atoms with Gasteiger partial charge in [0.1, 0.15) is 0 Å². The van der Waals surface area contributed by atoms with Gasteiger partial charge in [0.15, 0.2) is 0 Å². The molecule has 14 unspecified atom stereocenters. The number of hydrogen-bond donors (Lipinski definition) is 0. The van der Waals surface area contributed by atoms with Gasteiger partial charge >= 0.3 is 0 Å². The molecule has 310 valence electrons. The van der Waals surface area contributed by atoms with Crippen molar-refractivity contribution in [3.63, 3.8) is 0 Å². The molecule has 0 aromatic rings. The van der Waals surface area contributed by atoms with E-state index in [1.54, 1.807) is 141 Å². The van der Waals surface area contributed by atoms with Crippen molar-refractivity contribution < 1.29 is 4.74 Å². The fourth-order valence-corrected chi connectivity index (χ4v) is 21.3. The molecule has 0 bridgehead atoms. The minimum atomic E-state index is 0.624. The van der Waals surface area contributed by atoms with Crippen LogP contribution in [-0.2, 0) is 4.74 Å². The van der Waals surface area contributed by atoms with E-state index in [0.717, 1.165) is 99.6 Å². The number of nitrogens with zero attached hydrogens (tertiary/aromatic N) is 1. The van der Waals surface area contributed by atoms with Crippen LogP contribution in [0.2, 0.25) is 0 Å². The van der Waals surface area contributed by atoms with Gasteiger partial charge in [-0.1, -0.05) is 96.3 Å². The first kappa shape index (κ1) is 38.2. The van der Waals surface area contributed by atoms with E-state index in [9.17, 15) is 0 Å². The Hall–Kier alpha value is 0.270. The summed E-state index contributed by atoms with van der Waals surface area (Å²) in [6.07, 6.45) is 52.1. The number of rotatable bonds is 6. The van der Waals surface area contributed by atoms with E-state index in [4.69, 9.17) is 4.74 Å². The maximum Gasteiger partial charge on any atom is 0.0621 e. The number of thioether (sulfide) groups is 1. The van der Waals surface area contributed by atoms with Gasteiger partial charge in [-0.15, -0.1) is 0 Å². The minimum Gasteiger partial charge on any atom is -0.374 e. The predicted octanol–water partition coefficient (Wildman–Crippen LogP) is 14.0. The smallest absolute Gasteiger partial charge is 0.0621 e. The lowest BCUT2D eigenvalue weighted by Gasteiger charge is -2.53. The van der Waals surface area contributed by atoms with Crippen LogP contribution >= 0.6 is 11.8 Å². The first-order valence-electron chi connectivity index (χ1n) is 26.3. The zero-order valence-corrected chi connectivity index (χ0v) is 36.4. The van der Waals surface area contributed by atoms with Gasteiger partial charge in [-0.05, 0) is 181 Å². The fraction of sp³-hybridized carbons (Fsp3) is 1.00. The van der Waals surface area contributed by atoms with Crippen LogP contribution in [0.5, 0.6) is 0 Å². The summed E-state index contributed by atoms with van der Waals surface area (Å²) >= 11 is 2.62. The molecule has 0 radical (unpaired) electrons. The zero-order valence-electron chi connectivity index (χ0n) is 35.6. The van der Waals surface area contributed by atoms with E-state index < -0.39 is 0 Å². The number of hydrogen-bond acceptors (Lipinski definition) is 3. The molecule has 0 N–H and O–H groups in total. The van der Waals surface area contributed by atoms with E-state index in [-0.39, 0.29) is 0 Å². The van der Waals surface area contributed by atoms with Crippen LogP contribution in [0.4, 0.5) is 0 Å². The summed E-state index contributed by atoms with van der Waals surface area (Å²) in [6, 6.07) is 2.72. The Bertz CT molecular complexity index is 1250. The molecule has 9 saturated carbocycles. The molecule has 2 nitrogen and oxygen atoms in total. The highest BCUT2D eigenvalue weighted by atomic mass is 32.2. The van der Waals surface area contributed by atoms with Crippen LogP contribution in [0.25, 0.3) is 0 Å². The highest BCUT2D eigenvalue weighted by Crippen LogP contribution is 2.64. The van der Waals surface area contributed by atoms with E-state index in [2.05, 4.69) is 16.7 Å². The Labute approximate surface area is 343 Å². The largest absolute Gasteiger partial charge is 0.374 e. The Kier molecular flexibility index (Phi) is 11.8. The second kappa shape index (κ2) is 17.0. The molecule has 0 spiro atoms. The standard InChI is InChI=1S/C52H85NOS/c1-2-11-34(12-3-1)35-23-27-39(28-24-35)53(40-29-25-37(26-30-40)43-19-9-14-36-13-4-5-17-42(36)43)41-16-8-15-38(33-41)44-20-10-21-45-46-31-32-49-50(52(46)55-51(44)45)47-18-6-7-22-48(47)54-49/h34-52H,1-33H2. The predicted molar refractivity (Wildman–Crippen MR) is 231 cm³/mol. The molecule has 3 heteroatoms. The average molecular weight is 772 g/mol. The van der Waals surface area contributed by atoms with Crippen molar-refractivity contribution in [2.75, 3.05) is 0 Å². The van der Waals surface area contributed by atoms with E-state index >= 15 is 0 Å². The highest BCUT2D eigenvalue weighted by Gasteiger charge is 2.60. The van der Waals surface area contributed by atoms with Gasteiger partial charge in [-0.25, -0.2) is 0 Å². The average Bonchev–Trinajstić information content (AvgIpc) is 3.83. The van der Waals surface area contributed by atoms with Crippen LogP contribution in [0.1, 0.15) is 212 Å². The third-order valence-electron chi connectivity index (χ3n) is 21.0. The van der Waals surface area contributed by atoms with Crippen molar-refractivity contribution in [3.05, 3.63) is 0 Å². The molecular weight excluding hydrogens is 687 g/mol. The van der Waals surface area contributed by atoms with Crippen LogP contribution in [0.15, 0.2) is 0 Å². The normalized spacial score (nSPS) is 52.1. The van der Waals surface area contributed by atoms with Crippen molar-refractivity contribution in [1.29, 1.82) is 0 Å². The molecule has 11 rings (SSSR count). The van der Waals surface area contributed by atoms with Gasteiger partial charge in [0.2, 0.25) is 0 Å². The Morgan fingerprint density at radius 2 is 0.836 bits per heavy atom. The van der Waals surface area contributed by atoms with Gasteiger partial charge in [0.25, 0.3) is 0 Å². The zero-order chi connectivity index (χ0) is 36.3. The van der Waals surface area contributed by atoms with Crippen LogP contribution in [0.3, 0.4) is 0 Å². The molecule has 11 fully saturated rings. The second-order valence-corrected chi connectivity index (χ2v) is 24.5. The Balaban J connectivity index is 0.794. The van der Waals surface area contributed by atoms with Gasteiger partial charge in [-0.2, -0.15) is 11.8 Å². The summed E-state index contributed by atoms with van der Waals surface area (Å²) in [5.74, 6) is 12.5. The molecule has 55 heavy (non-hydrogen) atoms. The topological polar surface area (TPSA) is 12.5 Å². The summed E-state index contributed by atoms with van der Waals surface area (Å²) in [5, 5.41) is 1.93. The lowest BCUT2D eigenvalue weighted by Crippen LogP contribution is -2.54. The van der Waals surface area contributed by atoms with Crippen LogP contribution in [0, 0.1) is 71.0 Å². The maximum absolute atomic E-state index is 6.92. The lowest BCUT2D eigenvalue weighted by molar-refractivity contribution is -0.0250. The van der Waals surface area contributed by atoms with Crippen molar-refractivity contribution >= 4 is 11.8 Å². The van der Waals surface area contributed by atoms with Crippen molar-refractivity contribution in [1.82, 2.24) is 4.90 Å². The third kappa shape index (κ3) is 7.43. The van der Waals surface area contributed by atoms with Gasteiger partial charge in [-0.3, -0.25) is 4.90 Å². The number of ether oxygens (including phenoxy) is 1. The summed E-state index contributed by atoms with van der Waals surface area (Å²) in [4.78, 5) is 3.41. The summed E-state index contributed by atoms with van der Waals surface area (Å²) in [7, 11) is 0. The van der Waals surface area contributed by atoms with Crippen LogP contribution < -0.4 is 0 Å². The van der Waals surface area contributed by atoms with Crippen LogP contribution in [-0.4, -0.2) is 45.7 Å². The lowest BCUT2D eigenvalue weighted by atomic mass is 9.59. The molecule has 0 aromatic heterocycles. The van der Waals surface area contributed by atoms with Gasteiger partial charge in [0.05, 0.1) is 12.2 Å². The number of fused-ring (bicyclic) bond motifs is 8. The third-order valence-corrected chi connectivity index (χ3v) is 23.0. The van der Waals surface area contributed by atoms with E-state index in [0.29, 0.717) is 12.2 Å². The first-order chi connectivity index (χ1) is 27.3. The van der Waals surface area contributed by atoms with Crippen molar-refractivity contribution in [3.8, 4) is 0 Å². The fourth-order valence-electron chi connectivity index (χ4n) is 18.7. The SMILES string of the molecule is C1CCC(C2CCC(N(C3CCC(C4CCCC5CCCCC54)CC3)C3CCCC(C4CCCC5C6CCC7OC8CCCCC8C7C6SC45)C3)CC2)CC1. The Morgan fingerprint density at radius 1 is 0.309 bits per heavy atom. The van der Waals surface area contributed by atoms with Crippen molar-refractivity contribution in [2.24, 2.45) is 71.0 Å².